The van der Waals surface area contributed by atoms with Crippen molar-refractivity contribution in [3.8, 4) is 17.2 Å². The van der Waals surface area contributed by atoms with E-state index in [1.54, 1.807) is 30.3 Å². The average Bonchev–Trinajstić information content (AvgIpc) is 2.95. The molecule has 0 aliphatic carbocycles. The SMILES string of the molecule is C=c1[nH]n(-c2cccc(C(=O)O)c2)c(=O)/c1=C/c1cc(Cl)c(OC)c(OC)c1. The van der Waals surface area contributed by atoms with Crippen LogP contribution in [0.5, 0.6) is 11.5 Å². The van der Waals surface area contributed by atoms with Gasteiger partial charge in [-0.3, -0.25) is 9.89 Å². The van der Waals surface area contributed by atoms with E-state index >= 15 is 0 Å². The number of aromatic amines is 1. The third-order valence-electron chi connectivity index (χ3n) is 4.12. The predicted octanol–water partition coefficient (Wildman–Crippen LogP) is 1.77. The molecule has 7 nitrogen and oxygen atoms in total. The van der Waals surface area contributed by atoms with Crippen molar-refractivity contribution in [1.29, 1.82) is 0 Å². The summed E-state index contributed by atoms with van der Waals surface area (Å²) in [7, 11) is 2.97. The Morgan fingerprint density at radius 1 is 1.25 bits per heavy atom. The van der Waals surface area contributed by atoms with Gasteiger partial charge in [0.25, 0.3) is 5.56 Å². The van der Waals surface area contributed by atoms with Gasteiger partial charge in [0.05, 0.1) is 41.1 Å². The molecule has 0 atom stereocenters. The van der Waals surface area contributed by atoms with Crippen LogP contribution in [0.4, 0.5) is 0 Å². The number of benzene rings is 2. The Morgan fingerprint density at radius 2 is 2.00 bits per heavy atom. The molecule has 0 unspecified atom stereocenters. The van der Waals surface area contributed by atoms with Gasteiger partial charge >= 0.3 is 5.97 Å². The van der Waals surface area contributed by atoms with Crippen molar-refractivity contribution < 1.29 is 19.4 Å². The molecule has 3 rings (SSSR count). The van der Waals surface area contributed by atoms with Gasteiger partial charge in [0.15, 0.2) is 11.5 Å². The molecule has 0 saturated carbocycles. The zero-order chi connectivity index (χ0) is 20.4. The van der Waals surface area contributed by atoms with Crippen LogP contribution in [0.3, 0.4) is 0 Å². The molecule has 0 aliphatic heterocycles. The highest BCUT2D eigenvalue weighted by atomic mass is 35.5. The molecule has 2 aromatic carbocycles. The van der Waals surface area contributed by atoms with E-state index in [1.165, 1.54) is 31.0 Å². The molecule has 1 heterocycles. The minimum Gasteiger partial charge on any atom is -0.493 e. The van der Waals surface area contributed by atoms with E-state index in [0.717, 1.165) is 0 Å². The lowest BCUT2D eigenvalue weighted by Crippen LogP contribution is -2.34. The zero-order valence-corrected chi connectivity index (χ0v) is 15.9. The van der Waals surface area contributed by atoms with Gasteiger partial charge in [0.2, 0.25) is 0 Å². The van der Waals surface area contributed by atoms with Gasteiger partial charge in [-0.2, -0.15) is 0 Å². The number of hydrogen-bond donors (Lipinski definition) is 2. The fourth-order valence-electron chi connectivity index (χ4n) is 2.79. The van der Waals surface area contributed by atoms with Crippen LogP contribution < -0.4 is 25.6 Å². The van der Waals surface area contributed by atoms with Crippen molar-refractivity contribution >= 4 is 30.2 Å². The van der Waals surface area contributed by atoms with Crippen LogP contribution in [0.2, 0.25) is 5.02 Å². The summed E-state index contributed by atoms with van der Waals surface area (Å²) in [5.74, 6) is -0.256. The molecule has 0 fully saturated rings. The molecule has 0 aliphatic rings. The highest BCUT2D eigenvalue weighted by Crippen LogP contribution is 2.36. The Labute approximate surface area is 164 Å². The monoisotopic (exact) mass is 400 g/mol. The standard InChI is InChI=1S/C20H17ClN2O5/c1-11-15(7-12-8-16(21)18(28-3)17(9-12)27-2)19(24)23(22-11)14-6-4-5-13(10-14)20(25)26/h4-10,22H,1H2,2-3H3,(H,25,26)/b15-7+. The molecule has 144 valence electrons. The van der Waals surface area contributed by atoms with E-state index in [1.807, 2.05) is 0 Å². The first kappa shape index (κ1) is 19.3. The second-order valence-corrected chi connectivity index (χ2v) is 6.29. The molecule has 0 bridgehead atoms. The van der Waals surface area contributed by atoms with Crippen LogP contribution in [0.25, 0.3) is 18.3 Å². The van der Waals surface area contributed by atoms with E-state index in [2.05, 4.69) is 11.7 Å². The second-order valence-electron chi connectivity index (χ2n) is 5.88. The number of ether oxygens (including phenoxy) is 2. The fraction of sp³-hybridized carbons (Fsp3) is 0.100. The summed E-state index contributed by atoms with van der Waals surface area (Å²) in [5, 5.41) is 13.0. The highest BCUT2D eigenvalue weighted by molar-refractivity contribution is 6.32. The minimum atomic E-state index is -1.08. The summed E-state index contributed by atoms with van der Waals surface area (Å²) in [6.07, 6.45) is 1.62. The van der Waals surface area contributed by atoms with Crippen LogP contribution >= 0.6 is 11.6 Å². The summed E-state index contributed by atoms with van der Waals surface area (Å²) < 4.78 is 11.7. The van der Waals surface area contributed by atoms with Gasteiger partial charge in [0, 0.05) is 0 Å². The van der Waals surface area contributed by atoms with Gasteiger partial charge in [0.1, 0.15) is 0 Å². The molecular formula is C20H17ClN2O5. The van der Waals surface area contributed by atoms with E-state index < -0.39 is 5.97 Å². The average molecular weight is 401 g/mol. The summed E-state index contributed by atoms with van der Waals surface area (Å²) in [6, 6.07) is 9.36. The topological polar surface area (TPSA) is 93.6 Å². The third kappa shape index (κ3) is 3.52. The fourth-order valence-corrected chi connectivity index (χ4v) is 3.09. The molecule has 1 aromatic heterocycles. The van der Waals surface area contributed by atoms with Gasteiger partial charge < -0.3 is 14.6 Å². The number of carboxylic acids is 1. The van der Waals surface area contributed by atoms with E-state index in [0.29, 0.717) is 38.3 Å². The van der Waals surface area contributed by atoms with Crippen LogP contribution in [0.1, 0.15) is 15.9 Å². The molecule has 0 spiro atoms. The number of H-pyrrole nitrogens is 1. The number of nitrogens with zero attached hydrogens (tertiary/aromatic N) is 1. The summed E-state index contributed by atoms with van der Waals surface area (Å²) >= 11 is 6.22. The molecule has 0 saturated heterocycles. The van der Waals surface area contributed by atoms with Crippen molar-refractivity contribution in [3.63, 3.8) is 0 Å². The lowest BCUT2D eigenvalue weighted by molar-refractivity contribution is 0.0697. The lowest BCUT2D eigenvalue weighted by Gasteiger charge is -2.09. The minimum absolute atomic E-state index is 0.0711. The summed E-state index contributed by atoms with van der Waals surface area (Å²) in [6.45, 7) is 3.87. The van der Waals surface area contributed by atoms with Gasteiger partial charge in [-0.15, -0.1) is 0 Å². The van der Waals surface area contributed by atoms with Crippen LogP contribution in [-0.2, 0) is 0 Å². The van der Waals surface area contributed by atoms with Crippen LogP contribution in [0.15, 0.2) is 41.2 Å². The number of hydrogen-bond acceptors (Lipinski definition) is 4. The second kappa shape index (κ2) is 7.66. The largest absolute Gasteiger partial charge is 0.493 e. The molecular weight excluding hydrogens is 384 g/mol. The first-order chi connectivity index (χ1) is 13.3. The van der Waals surface area contributed by atoms with E-state index in [4.69, 9.17) is 26.2 Å². The normalized spacial score (nSPS) is 11.5. The smallest absolute Gasteiger partial charge is 0.335 e. The number of carbonyl (C=O) groups is 1. The summed E-state index contributed by atoms with van der Waals surface area (Å²) in [5.41, 5.74) is 0.704. The summed E-state index contributed by atoms with van der Waals surface area (Å²) in [4.78, 5) is 24.0. The van der Waals surface area contributed by atoms with Crippen molar-refractivity contribution in [2.75, 3.05) is 14.2 Å². The quantitative estimate of drug-likeness (QED) is 0.681. The highest BCUT2D eigenvalue weighted by Gasteiger charge is 2.12. The molecule has 0 amide bonds. The first-order valence-corrected chi connectivity index (χ1v) is 8.50. The maximum absolute atomic E-state index is 12.9. The van der Waals surface area contributed by atoms with Crippen molar-refractivity contribution in [2.45, 2.75) is 0 Å². The Balaban J connectivity index is 2.17. The number of carboxylic acid groups (broad SMARTS) is 1. The van der Waals surface area contributed by atoms with Crippen molar-refractivity contribution in [2.24, 2.45) is 0 Å². The number of aromatic carboxylic acids is 1. The Kier molecular flexibility index (Phi) is 5.28. The number of aromatic nitrogens is 2. The predicted molar refractivity (Wildman–Crippen MR) is 106 cm³/mol. The Bertz CT molecular complexity index is 1230. The van der Waals surface area contributed by atoms with Crippen molar-refractivity contribution in [1.82, 2.24) is 9.78 Å². The number of halogens is 1. The molecule has 28 heavy (non-hydrogen) atoms. The van der Waals surface area contributed by atoms with Crippen molar-refractivity contribution in [3.05, 3.63) is 73.5 Å². The van der Waals surface area contributed by atoms with Gasteiger partial charge in [-0.25, -0.2) is 9.48 Å². The molecule has 8 heteroatoms. The van der Waals surface area contributed by atoms with Gasteiger partial charge in [-0.1, -0.05) is 24.2 Å². The van der Waals surface area contributed by atoms with Crippen LogP contribution in [-0.4, -0.2) is 35.1 Å². The lowest BCUT2D eigenvalue weighted by atomic mass is 10.1. The number of nitrogens with one attached hydrogen (secondary N) is 1. The van der Waals surface area contributed by atoms with E-state index in [-0.39, 0.29) is 11.1 Å². The molecule has 3 aromatic rings. The molecule has 0 radical (unpaired) electrons. The van der Waals surface area contributed by atoms with E-state index in [9.17, 15) is 9.59 Å². The van der Waals surface area contributed by atoms with Gasteiger partial charge in [-0.05, 0) is 42.0 Å². The zero-order valence-electron chi connectivity index (χ0n) is 15.2. The third-order valence-corrected chi connectivity index (χ3v) is 4.40. The number of methoxy groups -OCH3 is 2. The first-order valence-electron chi connectivity index (χ1n) is 8.12. The maximum Gasteiger partial charge on any atom is 0.335 e. The van der Waals surface area contributed by atoms with Crippen LogP contribution in [0, 0.1) is 0 Å². The number of rotatable bonds is 5. The maximum atomic E-state index is 12.9. The Morgan fingerprint density at radius 3 is 2.64 bits per heavy atom. The molecule has 2 N–H and O–H groups in total. The Hall–Kier alpha value is -3.45.